The summed E-state index contributed by atoms with van der Waals surface area (Å²) in [4.78, 5) is 25.3. The molecule has 1 aliphatic carbocycles. The lowest BCUT2D eigenvalue weighted by Crippen LogP contribution is -2.45. The Morgan fingerprint density at radius 3 is 2.50 bits per heavy atom. The molecule has 3 rings (SSSR count). The number of carbonyl (C=O) groups excluding carboxylic acids is 2. The molecule has 0 unspecified atom stereocenters. The van der Waals surface area contributed by atoms with Gasteiger partial charge < -0.3 is 21.7 Å². The summed E-state index contributed by atoms with van der Waals surface area (Å²) < 4.78 is 0. The first-order valence-corrected chi connectivity index (χ1v) is 10.8. The van der Waals surface area contributed by atoms with Crippen molar-refractivity contribution in [2.75, 3.05) is 23.7 Å². The molecule has 2 aromatic rings. The molecule has 0 bridgehead atoms. The molecule has 0 fully saturated rings. The van der Waals surface area contributed by atoms with Gasteiger partial charge in [0.05, 0.1) is 6.54 Å². The zero-order chi connectivity index (χ0) is 21.3. The van der Waals surface area contributed by atoms with E-state index >= 15 is 0 Å². The predicted molar refractivity (Wildman–Crippen MR) is 122 cm³/mol. The van der Waals surface area contributed by atoms with E-state index in [1.807, 2.05) is 37.3 Å². The summed E-state index contributed by atoms with van der Waals surface area (Å²) in [6.45, 7) is 2.69. The molecule has 0 saturated carbocycles. The van der Waals surface area contributed by atoms with E-state index in [-0.39, 0.29) is 18.4 Å². The van der Waals surface area contributed by atoms with Crippen LogP contribution in [-0.2, 0) is 22.4 Å². The summed E-state index contributed by atoms with van der Waals surface area (Å²) in [5, 5.41) is 8.95. The van der Waals surface area contributed by atoms with Crippen LogP contribution in [0.4, 0.5) is 11.4 Å². The normalized spacial score (nSPS) is 13.4. The number of hydrogen-bond donors (Lipinski definition) is 4. The van der Waals surface area contributed by atoms with Crippen LogP contribution in [0, 0.1) is 6.92 Å². The standard InChI is InChI=1S/C24H32N4O2/c1-17-8-11-20(12-9-17)27-24(30)22(7-2-3-14-25)28-23(29)16-26-21-13-10-18-5-4-6-19(18)15-21/h8-13,15,22,26H,2-7,14,16,25H2,1H3,(H,27,30)(H,28,29)/t22-/m0/s1. The lowest BCUT2D eigenvalue weighted by molar-refractivity contribution is -0.125. The second kappa shape index (κ2) is 10.8. The van der Waals surface area contributed by atoms with Crippen LogP contribution in [0.3, 0.4) is 0 Å². The van der Waals surface area contributed by atoms with Crippen molar-refractivity contribution in [2.45, 2.75) is 51.5 Å². The van der Waals surface area contributed by atoms with E-state index in [4.69, 9.17) is 5.73 Å². The van der Waals surface area contributed by atoms with Gasteiger partial charge in [0, 0.05) is 11.4 Å². The summed E-state index contributed by atoms with van der Waals surface area (Å²) in [5.41, 5.74) is 11.1. The lowest BCUT2D eigenvalue weighted by Gasteiger charge is -2.19. The number of anilines is 2. The van der Waals surface area contributed by atoms with Crippen molar-refractivity contribution in [1.29, 1.82) is 0 Å². The highest BCUT2D eigenvalue weighted by molar-refractivity contribution is 5.97. The molecule has 30 heavy (non-hydrogen) atoms. The molecule has 160 valence electrons. The Labute approximate surface area is 178 Å². The topological polar surface area (TPSA) is 96.2 Å². The van der Waals surface area contributed by atoms with Gasteiger partial charge in [-0.05, 0) is 87.4 Å². The number of unbranched alkanes of at least 4 members (excludes halogenated alkanes) is 1. The maximum atomic E-state index is 12.8. The van der Waals surface area contributed by atoms with E-state index in [2.05, 4.69) is 28.1 Å². The third-order valence-corrected chi connectivity index (χ3v) is 5.47. The minimum atomic E-state index is -0.591. The van der Waals surface area contributed by atoms with Crippen LogP contribution in [0.2, 0.25) is 0 Å². The molecule has 0 spiro atoms. The van der Waals surface area contributed by atoms with E-state index in [1.165, 1.54) is 17.5 Å². The maximum Gasteiger partial charge on any atom is 0.246 e. The molecule has 0 saturated heterocycles. The van der Waals surface area contributed by atoms with Crippen molar-refractivity contribution in [3.05, 3.63) is 59.2 Å². The Kier molecular flexibility index (Phi) is 7.85. The van der Waals surface area contributed by atoms with Crippen LogP contribution < -0.4 is 21.7 Å². The molecule has 2 aromatic carbocycles. The molecule has 6 heteroatoms. The van der Waals surface area contributed by atoms with E-state index in [0.717, 1.165) is 42.6 Å². The highest BCUT2D eigenvalue weighted by Crippen LogP contribution is 2.24. The Bertz CT molecular complexity index is 864. The van der Waals surface area contributed by atoms with E-state index < -0.39 is 6.04 Å². The average Bonchev–Trinajstić information content (AvgIpc) is 3.21. The predicted octanol–water partition coefficient (Wildman–Crippen LogP) is 3.15. The number of fused-ring (bicyclic) bond motifs is 1. The highest BCUT2D eigenvalue weighted by atomic mass is 16.2. The van der Waals surface area contributed by atoms with Crippen LogP contribution in [-0.4, -0.2) is 30.9 Å². The monoisotopic (exact) mass is 408 g/mol. The van der Waals surface area contributed by atoms with E-state index in [1.54, 1.807) is 0 Å². The number of carbonyl (C=O) groups is 2. The number of amides is 2. The first-order chi connectivity index (χ1) is 14.5. The van der Waals surface area contributed by atoms with Gasteiger partial charge in [0.15, 0.2) is 0 Å². The first kappa shape index (κ1) is 21.8. The van der Waals surface area contributed by atoms with Crippen LogP contribution in [0.1, 0.15) is 42.4 Å². The summed E-state index contributed by atoms with van der Waals surface area (Å²) in [5.74, 6) is -0.408. The van der Waals surface area contributed by atoms with Gasteiger partial charge in [-0.1, -0.05) is 23.8 Å². The fourth-order valence-electron chi connectivity index (χ4n) is 3.74. The summed E-state index contributed by atoms with van der Waals surface area (Å²) in [7, 11) is 0. The van der Waals surface area contributed by atoms with Crippen LogP contribution in [0.15, 0.2) is 42.5 Å². The minimum absolute atomic E-state index is 0.129. The minimum Gasteiger partial charge on any atom is -0.376 e. The summed E-state index contributed by atoms with van der Waals surface area (Å²) in [6.07, 6.45) is 5.58. The van der Waals surface area contributed by atoms with Gasteiger partial charge in [0.1, 0.15) is 6.04 Å². The van der Waals surface area contributed by atoms with Crippen LogP contribution >= 0.6 is 0 Å². The largest absolute Gasteiger partial charge is 0.376 e. The number of nitrogens with one attached hydrogen (secondary N) is 3. The van der Waals surface area contributed by atoms with E-state index in [0.29, 0.717) is 13.0 Å². The molecule has 2 amide bonds. The van der Waals surface area contributed by atoms with Crippen molar-refractivity contribution in [3.8, 4) is 0 Å². The zero-order valence-electron chi connectivity index (χ0n) is 17.7. The molecule has 1 aliphatic rings. The van der Waals surface area contributed by atoms with E-state index in [9.17, 15) is 9.59 Å². The Balaban J connectivity index is 1.55. The quantitative estimate of drug-likeness (QED) is 0.454. The summed E-state index contributed by atoms with van der Waals surface area (Å²) in [6, 6.07) is 13.3. The van der Waals surface area contributed by atoms with Crippen molar-refractivity contribution in [2.24, 2.45) is 5.73 Å². The number of nitrogens with two attached hydrogens (primary N) is 1. The average molecular weight is 409 g/mol. The molecule has 0 aromatic heterocycles. The van der Waals surface area contributed by atoms with Gasteiger partial charge in [0.25, 0.3) is 0 Å². The van der Waals surface area contributed by atoms with Crippen LogP contribution in [0.5, 0.6) is 0 Å². The van der Waals surface area contributed by atoms with Gasteiger partial charge >= 0.3 is 0 Å². The molecule has 0 heterocycles. The van der Waals surface area contributed by atoms with Crippen molar-refractivity contribution in [3.63, 3.8) is 0 Å². The van der Waals surface area contributed by atoms with Gasteiger partial charge in [-0.25, -0.2) is 0 Å². The number of aryl methyl sites for hydroxylation is 3. The van der Waals surface area contributed by atoms with Crippen molar-refractivity contribution < 1.29 is 9.59 Å². The molecular formula is C24H32N4O2. The van der Waals surface area contributed by atoms with Gasteiger partial charge in [0.2, 0.25) is 11.8 Å². The third kappa shape index (κ3) is 6.32. The molecule has 5 N–H and O–H groups in total. The molecule has 6 nitrogen and oxygen atoms in total. The third-order valence-electron chi connectivity index (χ3n) is 5.47. The molecule has 1 atom stereocenters. The number of rotatable bonds is 10. The van der Waals surface area contributed by atoms with Gasteiger partial charge in [-0.15, -0.1) is 0 Å². The van der Waals surface area contributed by atoms with Crippen molar-refractivity contribution in [1.82, 2.24) is 5.32 Å². The second-order valence-corrected chi connectivity index (χ2v) is 7.95. The molecule has 0 aliphatic heterocycles. The van der Waals surface area contributed by atoms with Gasteiger partial charge in [-0.2, -0.15) is 0 Å². The molecule has 0 radical (unpaired) electrons. The number of hydrogen-bond acceptors (Lipinski definition) is 4. The van der Waals surface area contributed by atoms with Crippen molar-refractivity contribution >= 4 is 23.2 Å². The smallest absolute Gasteiger partial charge is 0.246 e. The summed E-state index contributed by atoms with van der Waals surface area (Å²) >= 11 is 0. The number of benzene rings is 2. The Morgan fingerprint density at radius 2 is 1.73 bits per heavy atom. The van der Waals surface area contributed by atoms with Crippen LogP contribution in [0.25, 0.3) is 0 Å². The Morgan fingerprint density at radius 1 is 1.00 bits per heavy atom. The first-order valence-electron chi connectivity index (χ1n) is 10.8. The maximum absolute atomic E-state index is 12.8. The fraction of sp³-hybridized carbons (Fsp3) is 0.417. The lowest BCUT2D eigenvalue weighted by atomic mass is 10.1. The zero-order valence-corrected chi connectivity index (χ0v) is 17.7. The highest BCUT2D eigenvalue weighted by Gasteiger charge is 2.20. The second-order valence-electron chi connectivity index (χ2n) is 7.95. The Hall–Kier alpha value is -2.86. The molecular weight excluding hydrogens is 376 g/mol. The van der Waals surface area contributed by atoms with Gasteiger partial charge in [-0.3, -0.25) is 9.59 Å². The fourth-order valence-corrected chi connectivity index (χ4v) is 3.74. The SMILES string of the molecule is Cc1ccc(NC(=O)[C@H](CCCCN)NC(=O)CNc2ccc3c(c2)CCC3)cc1.